The molecule has 0 spiro atoms. The molecule has 0 radical (unpaired) electrons. The Balaban J connectivity index is 1.89. The van der Waals surface area contributed by atoms with Crippen molar-refractivity contribution in [2.45, 2.75) is 38.8 Å². The van der Waals surface area contributed by atoms with Crippen molar-refractivity contribution in [3.05, 3.63) is 0 Å². The summed E-state index contributed by atoms with van der Waals surface area (Å²) in [4.78, 5) is 2.59. The number of rotatable bonds is 3. The third kappa shape index (κ3) is 2.35. The Kier molecular flexibility index (Phi) is 3.65. The van der Waals surface area contributed by atoms with E-state index in [9.17, 15) is 5.11 Å². The highest BCUT2D eigenvalue weighted by Crippen LogP contribution is 2.27. The van der Waals surface area contributed by atoms with Gasteiger partial charge < -0.3 is 10.4 Å². The summed E-state index contributed by atoms with van der Waals surface area (Å²) in [6.45, 7) is 8.81. The lowest BCUT2D eigenvalue weighted by atomic mass is 9.99. The molecule has 2 heterocycles. The molecule has 2 aliphatic heterocycles. The molecule has 0 aromatic heterocycles. The van der Waals surface area contributed by atoms with Crippen LogP contribution in [-0.4, -0.2) is 48.3 Å². The van der Waals surface area contributed by atoms with Crippen molar-refractivity contribution in [1.82, 2.24) is 10.2 Å². The smallest absolute Gasteiger partial charge is 0.0552 e. The second-order valence-corrected chi connectivity index (χ2v) is 5.18. The maximum Gasteiger partial charge on any atom is 0.0552 e. The molecule has 3 heteroatoms. The Morgan fingerprint density at radius 2 is 2.27 bits per heavy atom. The Bertz CT molecular complexity index is 208. The van der Waals surface area contributed by atoms with Crippen LogP contribution in [0.4, 0.5) is 0 Å². The molecule has 15 heavy (non-hydrogen) atoms. The molecule has 0 aromatic carbocycles. The van der Waals surface area contributed by atoms with Gasteiger partial charge >= 0.3 is 0 Å². The molecule has 2 saturated heterocycles. The molecular weight excluding hydrogens is 188 g/mol. The quantitative estimate of drug-likeness (QED) is 0.722. The van der Waals surface area contributed by atoms with Gasteiger partial charge in [0.1, 0.15) is 0 Å². The summed E-state index contributed by atoms with van der Waals surface area (Å²) in [7, 11) is 0. The van der Waals surface area contributed by atoms with E-state index in [0.29, 0.717) is 5.92 Å². The van der Waals surface area contributed by atoms with Crippen LogP contribution in [0.2, 0.25) is 0 Å². The van der Waals surface area contributed by atoms with Crippen LogP contribution < -0.4 is 5.32 Å². The predicted molar refractivity (Wildman–Crippen MR) is 61.8 cm³/mol. The first-order valence-corrected chi connectivity index (χ1v) is 6.35. The lowest BCUT2D eigenvalue weighted by Gasteiger charge is -2.28. The van der Waals surface area contributed by atoms with Gasteiger partial charge in [-0.2, -0.15) is 0 Å². The molecule has 0 bridgehead atoms. The minimum Gasteiger partial charge on any atom is -0.393 e. The van der Waals surface area contributed by atoms with Crippen molar-refractivity contribution in [2.75, 3.05) is 26.2 Å². The zero-order chi connectivity index (χ0) is 10.8. The van der Waals surface area contributed by atoms with Crippen molar-refractivity contribution in [1.29, 1.82) is 0 Å². The van der Waals surface area contributed by atoms with E-state index in [-0.39, 0.29) is 6.10 Å². The van der Waals surface area contributed by atoms with E-state index >= 15 is 0 Å². The molecule has 3 nitrogen and oxygen atoms in total. The summed E-state index contributed by atoms with van der Waals surface area (Å²) in [6.07, 6.45) is 2.31. The summed E-state index contributed by atoms with van der Waals surface area (Å²) in [5.41, 5.74) is 0. The van der Waals surface area contributed by atoms with Crippen LogP contribution in [0.1, 0.15) is 26.7 Å². The van der Waals surface area contributed by atoms with Gasteiger partial charge in [0.2, 0.25) is 0 Å². The third-order valence-corrected chi connectivity index (χ3v) is 4.24. The maximum absolute atomic E-state index is 9.59. The van der Waals surface area contributed by atoms with Crippen molar-refractivity contribution in [3.8, 4) is 0 Å². The fraction of sp³-hybridized carbons (Fsp3) is 1.00. The highest BCUT2D eigenvalue weighted by molar-refractivity contribution is 4.92. The molecule has 0 saturated carbocycles. The van der Waals surface area contributed by atoms with Crippen LogP contribution in [0.5, 0.6) is 0 Å². The van der Waals surface area contributed by atoms with E-state index in [1.807, 2.05) is 6.92 Å². The first kappa shape index (κ1) is 11.4. The third-order valence-electron chi connectivity index (χ3n) is 4.24. The first-order chi connectivity index (χ1) is 7.22. The standard InChI is InChI=1S/C12H24N2O/c1-3-10-6-13-7-12(10)14-5-4-11(8-14)9(2)15/h9-13,15H,3-8H2,1-2H3. The number of likely N-dealkylation sites (tertiary alicyclic amines) is 1. The van der Waals surface area contributed by atoms with Crippen LogP contribution in [-0.2, 0) is 0 Å². The minimum absolute atomic E-state index is 0.135. The summed E-state index contributed by atoms with van der Waals surface area (Å²) in [5, 5.41) is 13.1. The number of nitrogens with zero attached hydrogens (tertiary/aromatic N) is 1. The van der Waals surface area contributed by atoms with Crippen LogP contribution >= 0.6 is 0 Å². The highest BCUT2D eigenvalue weighted by atomic mass is 16.3. The maximum atomic E-state index is 9.59. The normalized spacial score (nSPS) is 39.8. The van der Waals surface area contributed by atoms with Crippen LogP contribution in [0.15, 0.2) is 0 Å². The number of aliphatic hydroxyl groups is 1. The van der Waals surface area contributed by atoms with E-state index in [0.717, 1.165) is 25.0 Å². The largest absolute Gasteiger partial charge is 0.393 e. The summed E-state index contributed by atoms with van der Waals surface area (Å²) < 4.78 is 0. The second kappa shape index (κ2) is 4.81. The van der Waals surface area contributed by atoms with Crippen molar-refractivity contribution in [2.24, 2.45) is 11.8 Å². The van der Waals surface area contributed by atoms with E-state index in [1.165, 1.54) is 25.9 Å². The van der Waals surface area contributed by atoms with Gasteiger partial charge in [0.25, 0.3) is 0 Å². The minimum atomic E-state index is -0.135. The SMILES string of the molecule is CCC1CNCC1N1CCC(C(C)O)C1. The van der Waals surface area contributed by atoms with Gasteiger partial charge in [-0.1, -0.05) is 13.3 Å². The second-order valence-electron chi connectivity index (χ2n) is 5.18. The van der Waals surface area contributed by atoms with Gasteiger partial charge in [0.05, 0.1) is 6.10 Å². The lowest BCUT2D eigenvalue weighted by molar-refractivity contribution is 0.118. The van der Waals surface area contributed by atoms with Gasteiger partial charge in [0, 0.05) is 19.1 Å². The summed E-state index contributed by atoms with van der Waals surface area (Å²) >= 11 is 0. The molecule has 4 unspecified atom stereocenters. The predicted octanol–water partition coefficient (Wildman–Crippen LogP) is 0.687. The van der Waals surface area contributed by atoms with Crippen LogP contribution in [0, 0.1) is 11.8 Å². The summed E-state index contributed by atoms with van der Waals surface area (Å²) in [5.74, 6) is 1.32. The van der Waals surface area contributed by atoms with Gasteiger partial charge in [-0.3, -0.25) is 4.90 Å². The summed E-state index contributed by atoms with van der Waals surface area (Å²) in [6, 6.07) is 0.721. The number of nitrogens with one attached hydrogen (secondary N) is 1. The van der Waals surface area contributed by atoms with E-state index in [2.05, 4.69) is 17.1 Å². The molecule has 0 aromatic rings. The van der Waals surface area contributed by atoms with Crippen molar-refractivity contribution in [3.63, 3.8) is 0 Å². The van der Waals surface area contributed by atoms with Gasteiger partial charge in [-0.05, 0) is 38.3 Å². The zero-order valence-corrected chi connectivity index (χ0v) is 9.95. The molecule has 2 fully saturated rings. The molecule has 2 aliphatic rings. The van der Waals surface area contributed by atoms with Crippen molar-refractivity contribution >= 4 is 0 Å². The van der Waals surface area contributed by atoms with Crippen LogP contribution in [0.3, 0.4) is 0 Å². The van der Waals surface area contributed by atoms with Gasteiger partial charge in [0.15, 0.2) is 0 Å². The molecule has 0 aliphatic carbocycles. The average molecular weight is 212 g/mol. The highest BCUT2D eigenvalue weighted by Gasteiger charge is 2.36. The molecule has 0 amide bonds. The molecule has 88 valence electrons. The molecule has 4 atom stereocenters. The van der Waals surface area contributed by atoms with Gasteiger partial charge in [-0.15, -0.1) is 0 Å². The molecule has 2 rings (SSSR count). The number of hydrogen-bond donors (Lipinski definition) is 2. The topological polar surface area (TPSA) is 35.5 Å². The Morgan fingerprint density at radius 1 is 1.47 bits per heavy atom. The van der Waals surface area contributed by atoms with Crippen molar-refractivity contribution < 1.29 is 5.11 Å². The van der Waals surface area contributed by atoms with Gasteiger partial charge in [-0.25, -0.2) is 0 Å². The average Bonchev–Trinajstić information content (AvgIpc) is 2.85. The lowest BCUT2D eigenvalue weighted by Crippen LogP contribution is -2.39. The number of aliphatic hydroxyl groups excluding tert-OH is 1. The fourth-order valence-electron chi connectivity index (χ4n) is 3.07. The van der Waals surface area contributed by atoms with E-state index in [4.69, 9.17) is 0 Å². The Labute approximate surface area is 92.8 Å². The van der Waals surface area contributed by atoms with E-state index in [1.54, 1.807) is 0 Å². The molecule has 2 N–H and O–H groups in total. The Hall–Kier alpha value is -0.120. The Morgan fingerprint density at radius 3 is 2.87 bits per heavy atom. The first-order valence-electron chi connectivity index (χ1n) is 6.35. The number of hydrogen-bond acceptors (Lipinski definition) is 3. The molecular formula is C12H24N2O. The van der Waals surface area contributed by atoms with Crippen LogP contribution in [0.25, 0.3) is 0 Å². The fourth-order valence-corrected chi connectivity index (χ4v) is 3.07. The zero-order valence-electron chi connectivity index (χ0n) is 9.95. The van der Waals surface area contributed by atoms with E-state index < -0.39 is 0 Å². The monoisotopic (exact) mass is 212 g/mol.